The van der Waals surface area contributed by atoms with Gasteiger partial charge in [0.15, 0.2) is 18.1 Å². The van der Waals surface area contributed by atoms with Crippen LogP contribution in [0.2, 0.25) is 0 Å². The summed E-state index contributed by atoms with van der Waals surface area (Å²) in [5.41, 5.74) is 1.43. The van der Waals surface area contributed by atoms with Crippen LogP contribution >= 0.6 is 0 Å². The number of benzene rings is 3. The predicted molar refractivity (Wildman–Crippen MR) is 126 cm³/mol. The SMILES string of the molecule is O=C(COC(=O)CCCN1C(=O)c2cccc3cccc(c23)C1=O)Nc1ccc2c(c1)OCCO2. The predicted octanol–water partition coefficient (Wildman–Crippen LogP) is 3.17. The molecule has 3 amide bonds. The molecule has 0 aliphatic carbocycles. The van der Waals surface area contributed by atoms with E-state index in [1.807, 2.05) is 12.1 Å². The molecule has 2 heterocycles. The number of nitrogens with one attached hydrogen (secondary N) is 1. The highest BCUT2D eigenvalue weighted by Crippen LogP contribution is 2.33. The number of amides is 3. The molecule has 9 heteroatoms. The minimum absolute atomic E-state index is 0.0415. The number of carbonyl (C=O) groups excluding carboxylic acids is 4. The molecule has 0 bridgehead atoms. The normalized spacial score (nSPS) is 14.1. The second-order valence-electron chi connectivity index (χ2n) is 8.14. The Kier molecular flexibility index (Phi) is 6.05. The summed E-state index contributed by atoms with van der Waals surface area (Å²) < 4.78 is 16.0. The molecule has 35 heavy (non-hydrogen) atoms. The molecule has 9 nitrogen and oxygen atoms in total. The van der Waals surface area contributed by atoms with Crippen molar-refractivity contribution in [3.8, 4) is 11.5 Å². The van der Waals surface area contributed by atoms with Crippen LogP contribution in [-0.4, -0.2) is 55.0 Å². The topological polar surface area (TPSA) is 111 Å². The maximum absolute atomic E-state index is 12.9. The fourth-order valence-electron chi connectivity index (χ4n) is 4.20. The Bertz CT molecular complexity index is 1300. The molecule has 0 unspecified atom stereocenters. The van der Waals surface area contributed by atoms with Gasteiger partial charge in [0.25, 0.3) is 17.7 Å². The van der Waals surface area contributed by atoms with Gasteiger partial charge in [-0.05, 0) is 36.1 Å². The van der Waals surface area contributed by atoms with E-state index in [1.165, 1.54) is 0 Å². The van der Waals surface area contributed by atoms with Gasteiger partial charge in [0, 0.05) is 41.2 Å². The van der Waals surface area contributed by atoms with Gasteiger partial charge in [-0.25, -0.2) is 0 Å². The first kappa shape index (κ1) is 22.4. The molecular formula is C26H22N2O7. The lowest BCUT2D eigenvalue weighted by atomic mass is 9.94. The van der Waals surface area contributed by atoms with E-state index in [1.54, 1.807) is 42.5 Å². The molecule has 0 saturated heterocycles. The van der Waals surface area contributed by atoms with Crippen LogP contribution in [0.4, 0.5) is 5.69 Å². The second-order valence-corrected chi connectivity index (χ2v) is 8.14. The Morgan fingerprint density at radius 2 is 1.60 bits per heavy atom. The summed E-state index contributed by atoms with van der Waals surface area (Å²) in [6, 6.07) is 15.7. The molecule has 0 fully saturated rings. The zero-order valence-corrected chi connectivity index (χ0v) is 18.7. The minimum atomic E-state index is -0.596. The quantitative estimate of drug-likeness (QED) is 0.414. The van der Waals surface area contributed by atoms with E-state index in [4.69, 9.17) is 14.2 Å². The van der Waals surface area contributed by atoms with Gasteiger partial charge in [0.05, 0.1) is 0 Å². The van der Waals surface area contributed by atoms with Crippen molar-refractivity contribution in [2.75, 3.05) is 31.7 Å². The zero-order chi connectivity index (χ0) is 24.4. The van der Waals surface area contributed by atoms with Gasteiger partial charge in [0.1, 0.15) is 13.2 Å². The van der Waals surface area contributed by atoms with E-state index >= 15 is 0 Å². The maximum atomic E-state index is 12.9. The van der Waals surface area contributed by atoms with E-state index in [-0.39, 0.29) is 31.2 Å². The molecule has 0 spiro atoms. The van der Waals surface area contributed by atoms with Gasteiger partial charge >= 0.3 is 5.97 Å². The Labute approximate surface area is 200 Å². The standard InChI is InChI=1S/C26H22N2O7/c29-22(27-17-9-10-20-21(14-17)34-13-12-33-20)15-35-23(30)8-3-11-28-25(31)18-6-1-4-16-5-2-7-19(24(16)18)26(28)32/h1-2,4-7,9-10,14H,3,8,11-13,15H2,(H,27,29). The first-order valence-corrected chi connectivity index (χ1v) is 11.2. The lowest BCUT2D eigenvalue weighted by molar-refractivity contribution is -0.147. The molecule has 3 aromatic carbocycles. The van der Waals surface area contributed by atoms with Crippen molar-refractivity contribution in [2.24, 2.45) is 0 Å². The Morgan fingerprint density at radius 3 is 2.31 bits per heavy atom. The second kappa shape index (κ2) is 9.46. The number of imide groups is 1. The van der Waals surface area contributed by atoms with Crippen LogP contribution in [0.1, 0.15) is 33.6 Å². The Hall–Kier alpha value is -4.40. The molecule has 1 N–H and O–H groups in total. The van der Waals surface area contributed by atoms with Crippen LogP contribution in [0, 0.1) is 0 Å². The van der Waals surface area contributed by atoms with Gasteiger partial charge in [-0.15, -0.1) is 0 Å². The van der Waals surface area contributed by atoms with Crippen LogP contribution in [0.5, 0.6) is 11.5 Å². The zero-order valence-electron chi connectivity index (χ0n) is 18.7. The lowest BCUT2D eigenvalue weighted by Crippen LogP contribution is -2.41. The monoisotopic (exact) mass is 474 g/mol. The van der Waals surface area contributed by atoms with Gasteiger partial charge in [-0.3, -0.25) is 24.1 Å². The Morgan fingerprint density at radius 1 is 0.914 bits per heavy atom. The van der Waals surface area contributed by atoms with Gasteiger partial charge in [0.2, 0.25) is 0 Å². The van der Waals surface area contributed by atoms with Crippen LogP contribution in [0.3, 0.4) is 0 Å². The van der Waals surface area contributed by atoms with Gasteiger partial charge in [-0.1, -0.05) is 24.3 Å². The highest BCUT2D eigenvalue weighted by molar-refractivity contribution is 6.25. The van der Waals surface area contributed by atoms with Crippen LogP contribution < -0.4 is 14.8 Å². The third-order valence-electron chi connectivity index (χ3n) is 5.81. The maximum Gasteiger partial charge on any atom is 0.306 e. The minimum Gasteiger partial charge on any atom is -0.486 e. The summed E-state index contributed by atoms with van der Waals surface area (Å²) in [4.78, 5) is 51.2. The summed E-state index contributed by atoms with van der Waals surface area (Å²) in [6.45, 7) is 0.516. The molecular weight excluding hydrogens is 452 g/mol. The number of nitrogens with zero attached hydrogens (tertiary/aromatic N) is 1. The van der Waals surface area contributed by atoms with Crippen molar-refractivity contribution < 1.29 is 33.4 Å². The summed E-state index contributed by atoms with van der Waals surface area (Å²) >= 11 is 0. The van der Waals surface area contributed by atoms with Crippen molar-refractivity contribution in [3.63, 3.8) is 0 Å². The number of hydrogen-bond acceptors (Lipinski definition) is 7. The lowest BCUT2D eigenvalue weighted by Gasteiger charge is -2.27. The molecule has 178 valence electrons. The van der Waals surface area contributed by atoms with E-state index < -0.39 is 18.5 Å². The van der Waals surface area contributed by atoms with E-state index in [0.717, 1.165) is 10.3 Å². The van der Waals surface area contributed by atoms with Gasteiger partial charge in [-0.2, -0.15) is 0 Å². The molecule has 2 aliphatic heterocycles. The number of fused-ring (bicyclic) bond motifs is 1. The van der Waals surface area contributed by atoms with Crippen molar-refractivity contribution in [1.29, 1.82) is 0 Å². The van der Waals surface area contributed by atoms with Crippen molar-refractivity contribution in [2.45, 2.75) is 12.8 Å². The largest absolute Gasteiger partial charge is 0.486 e. The summed E-state index contributed by atoms with van der Waals surface area (Å²) in [5.74, 6) is -0.723. The molecule has 5 rings (SSSR count). The first-order valence-electron chi connectivity index (χ1n) is 11.2. The van der Waals surface area contributed by atoms with Crippen LogP contribution in [0.25, 0.3) is 10.8 Å². The molecule has 0 atom stereocenters. The number of esters is 1. The molecule has 0 saturated carbocycles. The van der Waals surface area contributed by atoms with Crippen LogP contribution in [-0.2, 0) is 14.3 Å². The van der Waals surface area contributed by atoms with Crippen LogP contribution in [0.15, 0.2) is 54.6 Å². The number of anilines is 1. The van der Waals surface area contributed by atoms with Gasteiger partial charge < -0.3 is 19.5 Å². The number of rotatable bonds is 7. The molecule has 2 aliphatic rings. The average Bonchev–Trinajstić information content (AvgIpc) is 2.88. The van der Waals surface area contributed by atoms with E-state index in [0.29, 0.717) is 46.9 Å². The van der Waals surface area contributed by atoms with Crippen molar-refractivity contribution >= 4 is 40.2 Å². The Balaban J connectivity index is 1.11. The third-order valence-corrected chi connectivity index (χ3v) is 5.81. The summed E-state index contributed by atoms with van der Waals surface area (Å²) in [5, 5.41) is 4.13. The molecule has 0 aromatic heterocycles. The summed E-state index contributed by atoms with van der Waals surface area (Å²) in [7, 11) is 0. The smallest absolute Gasteiger partial charge is 0.306 e. The first-order chi connectivity index (χ1) is 17.0. The fraction of sp³-hybridized carbons (Fsp3) is 0.231. The summed E-state index contributed by atoms with van der Waals surface area (Å²) in [6.07, 6.45) is 0.179. The highest BCUT2D eigenvalue weighted by Gasteiger charge is 2.32. The number of hydrogen-bond donors (Lipinski definition) is 1. The third kappa shape index (κ3) is 4.52. The highest BCUT2D eigenvalue weighted by atomic mass is 16.6. The number of ether oxygens (including phenoxy) is 3. The van der Waals surface area contributed by atoms with Crippen molar-refractivity contribution in [3.05, 3.63) is 65.7 Å². The van der Waals surface area contributed by atoms with E-state index in [9.17, 15) is 19.2 Å². The van der Waals surface area contributed by atoms with Crippen molar-refractivity contribution in [1.82, 2.24) is 4.90 Å². The van der Waals surface area contributed by atoms with E-state index in [2.05, 4.69) is 5.32 Å². The molecule has 3 aromatic rings. The average molecular weight is 474 g/mol. The fourth-order valence-corrected chi connectivity index (χ4v) is 4.20. The number of carbonyl (C=O) groups is 4. The molecule has 0 radical (unpaired) electrons.